The molecule has 4 rings (SSSR count). The van der Waals surface area contributed by atoms with Crippen molar-refractivity contribution in [2.45, 2.75) is 39.3 Å². The number of benzene rings is 2. The third kappa shape index (κ3) is 5.79. The van der Waals surface area contributed by atoms with Crippen molar-refractivity contribution in [2.75, 3.05) is 26.3 Å². The molecule has 0 saturated carbocycles. The van der Waals surface area contributed by atoms with Crippen LogP contribution >= 0.6 is 0 Å². The number of H-pyrrole nitrogens is 1. The Bertz CT molecular complexity index is 988. The van der Waals surface area contributed by atoms with Crippen molar-refractivity contribution in [3.63, 3.8) is 0 Å². The van der Waals surface area contributed by atoms with Crippen LogP contribution in [0.5, 0.6) is 5.75 Å². The van der Waals surface area contributed by atoms with Crippen LogP contribution in [0.4, 0.5) is 0 Å². The van der Waals surface area contributed by atoms with E-state index in [1.165, 1.54) is 22.2 Å². The number of aromatic amines is 1. The van der Waals surface area contributed by atoms with Gasteiger partial charge < -0.3 is 25.1 Å². The molecule has 1 aromatic heterocycles. The SMILES string of the molecule is CCNC(=NCc1ccc(C)cc1OC1CCOC1)NCCc1cc2ccccc2[nH]1. The Morgan fingerprint density at radius 3 is 2.90 bits per heavy atom. The van der Waals surface area contributed by atoms with Crippen LogP contribution in [0.25, 0.3) is 10.9 Å². The quantitative estimate of drug-likeness (QED) is 0.381. The summed E-state index contributed by atoms with van der Waals surface area (Å²) in [5, 5.41) is 8.03. The summed E-state index contributed by atoms with van der Waals surface area (Å²) in [7, 11) is 0. The third-order valence-corrected chi connectivity index (χ3v) is 5.43. The minimum Gasteiger partial charge on any atom is -0.488 e. The fourth-order valence-electron chi connectivity index (χ4n) is 3.78. The summed E-state index contributed by atoms with van der Waals surface area (Å²) in [4.78, 5) is 8.27. The lowest BCUT2D eigenvalue weighted by atomic mass is 10.1. The van der Waals surface area contributed by atoms with Crippen LogP contribution < -0.4 is 15.4 Å². The molecule has 3 aromatic rings. The Balaban J connectivity index is 1.38. The molecule has 0 aliphatic carbocycles. The molecular formula is C25H32N4O2. The van der Waals surface area contributed by atoms with E-state index in [-0.39, 0.29) is 6.10 Å². The van der Waals surface area contributed by atoms with Gasteiger partial charge in [-0.1, -0.05) is 30.3 Å². The fourth-order valence-corrected chi connectivity index (χ4v) is 3.78. The van der Waals surface area contributed by atoms with Gasteiger partial charge in [-0.25, -0.2) is 4.99 Å². The summed E-state index contributed by atoms with van der Waals surface area (Å²) >= 11 is 0. The van der Waals surface area contributed by atoms with E-state index in [1.54, 1.807) is 0 Å². The van der Waals surface area contributed by atoms with Gasteiger partial charge in [-0.15, -0.1) is 0 Å². The fraction of sp³-hybridized carbons (Fsp3) is 0.400. The van der Waals surface area contributed by atoms with Gasteiger partial charge in [0.25, 0.3) is 0 Å². The van der Waals surface area contributed by atoms with Crippen LogP contribution in [0.3, 0.4) is 0 Å². The maximum Gasteiger partial charge on any atom is 0.191 e. The Morgan fingerprint density at radius 2 is 2.10 bits per heavy atom. The third-order valence-electron chi connectivity index (χ3n) is 5.43. The molecule has 1 atom stereocenters. The summed E-state index contributed by atoms with van der Waals surface area (Å²) in [6.07, 6.45) is 1.97. The van der Waals surface area contributed by atoms with Crippen molar-refractivity contribution >= 4 is 16.9 Å². The van der Waals surface area contributed by atoms with E-state index in [0.717, 1.165) is 49.8 Å². The molecule has 6 heteroatoms. The van der Waals surface area contributed by atoms with Gasteiger partial charge in [-0.05, 0) is 43.0 Å². The predicted molar refractivity (Wildman–Crippen MR) is 126 cm³/mol. The van der Waals surface area contributed by atoms with Gasteiger partial charge in [0.1, 0.15) is 11.9 Å². The molecule has 31 heavy (non-hydrogen) atoms. The zero-order valence-corrected chi connectivity index (χ0v) is 18.4. The topological polar surface area (TPSA) is 70.7 Å². The van der Waals surface area contributed by atoms with Crippen LogP contribution in [0.2, 0.25) is 0 Å². The van der Waals surface area contributed by atoms with Gasteiger partial charge in [-0.2, -0.15) is 0 Å². The highest BCUT2D eigenvalue weighted by molar-refractivity contribution is 5.81. The lowest BCUT2D eigenvalue weighted by molar-refractivity contribution is 0.140. The molecule has 6 nitrogen and oxygen atoms in total. The molecule has 1 aliphatic rings. The molecule has 0 amide bonds. The van der Waals surface area contributed by atoms with E-state index in [4.69, 9.17) is 14.5 Å². The number of nitrogens with zero attached hydrogens (tertiary/aromatic N) is 1. The van der Waals surface area contributed by atoms with Crippen molar-refractivity contribution in [1.29, 1.82) is 0 Å². The van der Waals surface area contributed by atoms with Crippen LogP contribution in [0, 0.1) is 6.92 Å². The monoisotopic (exact) mass is 420 g/mol. The molecule has 164 valence electrons. The van der Waals surface area contributed by atoms with Gasteiger partial charge in [0.2, 0.25) is 0 Å². The number of ether oxygens (including phenoxy) is 2. The first-order valence-electron chi connectivity index (χ1n) is 11.1. The zero-order valence-electron chi connectivity index (χ0n) is 18.4. The Hall–Kier alpha value is -2.99. The number of para-hydroxylation sites is 1. The smallest absolute Gasteiger partial charge is 0.191 e. The van der Waals surface area contributed by atoms with Gasteiger partial charge in [0, 0.05) is 42.7 Å². The molecule has 1 unspecified atom stereocenters. The number of aromatic nitrogens is 1. The highest BCUT2D eigenvalue weighted by Crippen LogP contribution is 2.24. The second-order valence-electron chi connectivity index (χ2n) is 7.97. The highest BCUT2D eigenvalue weighted by Gasteiger charge is 2.18. The minimum atomic E-state index is 0.132. The van der Waals surface area contributed by atoms with Crippen molar-refractivity contribution < 1.29 is 9.47 Å². The molecule has 0 spiro atoms. The molecule has 1 fully saturated rings. The van der Waals surface area contributed by atoms with E-state index in [2.05, 4.69) is 78.0 Å². The van der Waals surface area contributed by atoms with Gasteiger partial charge >= 0.3 is 0 Å². The Morgan fingerprint density at radius 1 is 1.19 bits per heavy atom. The van der Waals surface area contributed by atoms with E-state index < -0.39 is 0 Å². The maximum absolute atomic E-state index is 6.21. The van der Waals surface area contributed by atoms with Crippen molar-refractivity contribution in [2.24, 2.45) is 4.99 Å². The number of hydrogen-bond donors (Lipinski definition) is 3. The molecule has 0 radical (unpaired) electrons. The number of nitrogens with one attached hydrogen (secondary N) is 3. The van der Waals surface area contributed by atoms with Gasteiger partial charge in [0.05, 0.1) is 19.8 Å². The van der Waals surface area contributed by atoms with Gasteiger partial charge in [0.15, 0.2) is 5.96 Å². The molecule has 2 heterocycles. The average molecular weight is 421 g/mol. The van der Waals surface area contributed by atoms with Crippen molar-refractivity contribution in [1.82, 2.24) is 15.6 Å². The molecule has 0 bridgehead atoms. The zero-order chi connectivity index (χ0) is 21.5. The van der Waals surface area contributed by atoms with E-state index in [1.807, 2.05) is 0 Å². The second-order valence-corrected chi connectivity index (χ2v) is 7.97. The molecule has 3 N–H and O–H groups in total. The lowest BCUT2D eigenvalue weighted by Gasteiger charge is -2.16. The summed E-state index contributed by atoms with van der Waals surface area (Å²) in [6.45, 7) is 7.77. The standard InChI is InChI=1S/C25H32N4O2/c1-3-26-25(27-12-10-21-15-19-6-4-5-7-23(19)29-21)28-16-20-9-8-18(2)14-24(20)31-22-11-13-30-17-22/h4-9,14-15,22,29H,3,10-13,16-17H2,1-2H3,(H2,26,27,28). The first kappa shape index (κ1) is 21.2. The first-order chi connectivity index (χ1) is 15.2. The van der Waals surface area contributed by atoms with Crippen molar-refractivity contribution in [3.05, 3.63) is 65.4 Å². The summed E-state index contributed by atoms with van der Waals surface area (Å²) in [6, 6.07) is 16.9. The number of aliphatic imine (C=N–C) groups is 1. The number of rotatable bonds is 8. The lowest BCUT2D eigenvalue weighted by Crippen LogP contribution is -2.38. The highest BCUT2D eigenvalue weighted by atomic mass is 16.5. The minimum absolute atomic E-state index is 0.132. The average Bonchev–Trinajstić information content (AvgIpc) is 3.42. The predicted octanol–water partition coefficient (Wildman–Crippen LogP) is 3.94. The number of guanidine groups is 1. The van der Waals surface area contributed by atoms with Crippen LogP contribution in [0.1, 0.15) is 30.2 Å². The van der Waals surface area contributed by atoms with Crippen LogP contribution in [0.15, 0.2) is 53.5 Å². The van der Waals surface area contributed by atoms with Gasteiger partial charge in [-0.3, -0.25) is 0 Å². The van der Waals surface area contributed by atoms with E-state index >= 15 is 0 Å². The van der Waals surface area contributed by atoms with E-state index in [9.17, 15) is 0 Å². The largest absolute Gasteiger partial charge is 0.488 e. The van der Waals surface area contributed by atoms with Crippen LogP contribution in [-0.2, 0) is 17.7 Å². The van der Waals surface area contributed by atoms with Crippen LogP contribution in [-0.4, -0.2) is 43.4 Å². The number of hydrogen-bond acceptors (Lipinski definition) is 3. The normalized spacial score (nSPS) is 16.6. The second kappa shape index (κ2) is 10.4. The molecule has 2 aromatic carbocycles. The summed E-state index contributed by atoms with van der Waals surface area (Å²) < 4.78 is 11.7. The maximum atomic E-state index is 6.21. The molecule has 1 saturated heterocycles. The Labute approximate surface area is 184 Å². The molecular weight excluding hydrogens is 388 g/mol. The number of fused-ring (bicyclic) bond motifs is 1. The first-order valence-corrected chi connectivity index (χ1v) is 11.1. The Kier molecular flexibility index (Phi) is 7.10. The summed E-state index contributed by atoms with van der Waals surface area (Å²) in [5.41, 5.74) is 4.67. The van der Waals surface area contributed by atoms with E-state index in [0.29, 0.717) is 13.2 Å². The van der Waals surface area contributed by atoms with Crippen molar-refractivity contribution in [3.8, 4) is 5.75 Å². The molecule has 1 aliphatic heterocycles. The summed E-state index contributed by atoms with van der Waals surface area (Å²) in [5.74, 6) is 1.72. The number of aryl methyl sites for hydroxylation is 1.